The molecule has 0 bridgehead atoms. The molecule has 2 nitrogen and oxygen atoms in total. The first kappa shape index (κ1) is 9.40. The van der Waals surface area contributed by atoms with Gasteiger partial charge in [0.15, 0.2) is 0 Å². The number of hydrogen-bond acceptors (Lipinski definition) is 2. The molecule has 0 aromatic heterocycles. The van der Waals surface area contributed by atoms with Gasteiger partial charge in [-0.3, -0.25) is 0 Å². The van der Waals surface area contributed by atoms with Crippen LogP contribution >= 0.6 is 0 Å². The van der Waals surface area contributed by atoms with Crippen LogP contribution in [0.3, 0.4) is 0 Å². The Morgan fingerprint density at radius 3 is 2.40 bits per heavy atom. The van der Waals surface area contributed by atoms with Crippen LogP contribution in [0.5, 0.6) is 0 Å². The number of aliphatic hydroxyl groups is 2. The molecule has 0 radical (unpaired) electrons. The molecule has 0 amide bonds. The van der Waals surface area contributed by atoms with Gasteiger partial charge in [-0.25, -0.2) is 0 Å². The molecular weight excluding hydrogens is 128 g/mol. The standard InChI is InChI=1S/C8H14O2/c1-4-6-7(9)8(3,10)5-2/h4-7,9-10H,2H2,1,3H3/b6-4+/t7-,8+/m0/s1. The summed E-state index contributed by atoms with van der Waals surface area (Å²) in [6, 6.07) is 0. The predicted molar refractivity (Wildman–Crippen MR) is 41.6 cm³/mol. The molecule has 0 aliphatic rings. The van der Waals surface area contributed by atoms with Crippen molar-refractivity contribution in [2.75, 3.05) is 0 Å². The highest BCUT2D eigenvalue weighted by atomic mass is 16.3. The monoisotopic (exact) mass is 142 g/mol. The van der Waals surface area contributed by atoms with E-state index in [2.05, 4.69) is 6.58 Å². The molecule has 58 valence electrons. The molecule has 0 saturated carbocycles. The molecule has 0 aromatic rings. The first-order valence-electron chi connectivity index (χ1n) is 3.21. The quantitative estimate of drug-likeness (QED) is 0.574. The van der Waals surface area contributed by atoms with Crippen molar-refractivity contribution in [1.82, 2.24) is 0 Å². The third kappa shape index (κ3) is 2.33. The van der Waals surface area contributed by atoms with E-state index < -0.39 is 11.7 Å². The fourth-order valence-corrected chi connectivity index (χ4v) is 0.498. The summed E-state index contributed by atoms with van der Waals surface area (Å²) in [5.41, 5.74) is -1.22. The Balaban J connectivity index is 4.16. The van der Waals surface area contributed by atoms with Crippen molar-refractivity contribution in [2.45, 2.75) is 25.6 Å². The first-order chi connectivity index (χ1) is 4.54. The Labute approximate surface area is 61.5 Å². The fraction of sp³-hybridized carbons (Fsp3) is 0.500. The van der Waals surface area contributed by atoms with Gasteiger partial charge in [-0.15, -0.1) is 6.58 Å². The lowest BCUT2D eigenvalue weighted by Crippen LogP contribution is -2.35. The van der Waals surface area contributed by atoms with Gasteiger partial charge >= 0.3 is 0 Å². The Morgan fingerprint density at radius 2 is 2.10 bits per heavy atom. The largest absolute Gasteiger partial charge is 0.386 e. The minimum absolute atomic E-state index is 0.866. The summed E-state index contributed by atoms with van der Waals surface area (Å²) in [4.78, 5) is 0. The highest BCUT2D eigenvalue weighted by Crippen LogP contribution is 2.11. The van der Waals surface area contributed by atoms with Gasteiger partial charge in [-0.2, -0.15) is 0 Å². The van der Waals surface area contributed by atoms with E-state index in [-0.39, 0.29) is 0 Å². The molecule has 10 heavy (non-hydrogen) atoms. The van der Waals surface area contributed by atoms with Crippen LogP contribution < -0.4 is 0 Å². The minimum atomic E-state index is -1.22. The van der Waals surface area contributed by atoms with E-state index >= 15 is 0 Å². The van der Waals surface area contributed by atoms with Gasteiger partial charge in [0.2, 0.25) is 0 Å². The van der Waals surface area contributed by atoms with Gasteiger partial charge in [-0.1, -0.05) is 18.2 Å². The average molecular weight is 142 g/mol. The SMILES string of the molecule is C=C[C@@](C)(O)[C@@H](O)/C=C/C. The Bertz CT molecular complexity index is 136. The molecule has 0 aromatic carbocycles. The van der Waals surface area contributed by atoms with Gasteiger partial charge in [0.1, 0.15) is 11.7 Å². The van der Waals surface area contributed by atoms with Crippen LogP contribution in [-0.2, 0) is 0 Å². The maximum Gasteiger partial charge on any atom is 0.109 e. The highest BCUT2D eigenvalue weighted by molar-refractivity contribution is 5.05. The number of rotatable bonds is 3. The smallest absolute Gasteiger partial charge is 0.109 e. The Hall–Kier alpha value is -0.600. The predicted octanol–water partition coefficient (Wildman–Crippen LogP) is 0.860. The molecule has 0 fully saturated rings. The summed E-state index contributed by atoms with van der Waals surface area (Å²) >= 11 is 0. The third-order valence-corrected chi connectivity index (χ3v) is 1.39. The lowest BCUT2D eigenvalue weighted by atomic mass is 9.99. The molecule has 0 spiro atoms. The Morgan fingerprint density at radius 1 is 1.60 bits per heavy atom. The second-order valence-electron chi connectivity index (χ2n) is 2.40. The summed E-state index contributed by atoms with van der Waals surface area (Å²) < 4.78 is 0. The normalized spacial score (nSPS) is 20.4. The van der Waals surface area contributed by atoms with Crippen LogP contribution in [0.2, 0.25) is 0 Å². The fourth-order valence-electron chi connectivity index (χ4n) is 0.498. The van der Waals surface area contributed by atoms with Crippen molar-refractivity contribution >= 4 is 0 Å². The van der Waals surface area contributed by atoms with Crippen molar-refractivity contribution in [1.29, 1.82) is 0 Å². The van der Waals surface area contributed by atoms with Crippen molar-refractivity contribution < 1.29 is 10.2 Å². The topological polar surface area (TPSA) is 40.5 Å². The zero-order valence-electron chi connectivity index (χ0n) is 6.41. The molecule has 2 N–H and O–H groups in total. The van der Waals surface area contributed by atoms with Crippen molar-refractivity contribution in [3.05, 3.63) is 24.8 Å². The second-order valence-corrected chi connectivity index (χ2v) is 2.40. The maximum absolute atomic E-state index is 9.30. The highest BCUT2D eigenvalue weighted by Gasteiger charge is 2.23. The van der Waals surface area contributed by atoms with Gasteiger partial charge < -0.3 is 10.2 Å². The molecule has 0 aliphatic heterocycles. The van der Waals surface area contributed by atoms with Crippen molar-refractivity contribution in [2.24, 2.45) is 0 Å². The lowest BCUT2D eigenvalue weighted by molar-refractivity contribution is 0.000846. The van der Waals surface area contributed by atoms with E-state index in [1.54, 1.807) is 13.0 Å². The van der Waals surface area contributed by atoms with E-state index in [4.69, 9.17) is 5.11 Å². The van der Waals surface area contributed by atoms with Gasteiger partial charge in [0, 0.05) is 0 Å². The van der Waals surface area contributed by atoms with Gasteiger partial charge in [0.25, 0.3) is 0 Å². The molecule has 0 aliphatic carbocycles. The molecule has 0 heterocycles. The molecule has 2 atom stereocenters. The van der Waals surface area contributed by atoms with Crippen molar-refractivity contribution in [3.63, 3.8) is 0 Å². The number of allylic oxidation sites excluding steroid dienone is 1. The number of aliphatic hydroxyl groups excluding tert-OH is 1. The van der Waals surface area contributed by atoms with E-state index in [9.17, 15) is 5.11 Å². The molecule has 0 unspecified atom stereocenters. The second kappa shape index (κ2) is 3.54. The van der Waals surface area contributed by atoms with E-state index in [0.29, 0.717) is 0 Å². The first-order valence-corrected chi connectivity index (χ1v) is 3.21. The summed E-state index contributed by atoms with van der Waals surface area (Å²) in [5, 5.41) is 18.5. The Kier molecular flexibility index (Phi) is 3.33. The summed E-state index contributed by atoms with van der Waals surface area (Å²) in [7, 11) is 0. The van der Waals surface area contributed by atoms with Crippen LogP contribution in [-0.4, -0.2) is 21.9 Å². The molecule has 0 rings (SSSR count). The summed E-state index contributed by atoms with van der Waals surface area (Å²) in [6.45, 7) is 6.68. The summed E-state index contributed by atoms with van der Waals surface area (Å²) in [6.07, 6.45) is 3.65. The molecule has 0 saturated heterocycles. The lowest BCUT2D eigenvalue weighted by Gasteiger charge is -2.22. The van der Waals surface area contributed by atoms with E-state index in [1.165, 1.54) is 19.1 Å². The zero-order valence-corrected chi connectivity index (χ0v) is 6.41. The molecule has 2 heteroatoms. The van der Waals surface area contributed by atoms with Crippen LogP contribution in [0.4, 0.5) is 0 Å². The van der Waals surface area contributed by atoms with Gasteiger partial charge in [-0.05, 0) is 13.8 Å². The third-order valence-electron chi connectivity index (χ3n) is 1.39. The van der Waals surface area contributed by atoms with Crippen molar-refractivity contribution in [3.8, 4) is 0 Å². The van der Waals surface area contributed by atoms with Crippen LogP contribution in [0.15, 0.2) is 24.8 Å². The molecular formula is C8H14O2. The maximum atomic E-state index is 9.30. The minimum Gasteiger partial charge on any atom is -0.386 e. The van der Waals surface area contributed by atoms with Crippen LogP contribution in [0.1, 0.15) is 13.8 Å². The average Bonchev–Trinajstić information content (AvgIpc) is 1.89. The number of hydrogen-bond donors (Lipinski definition) is 2. The van der Waals surface area contributed by atoms with Gasteiger partial charge in [0.05, 0.1) is 0 Å². The van der Waals surface area contributed by atoms with E-state index in [0.717, 1.165) is 0 Å². The van der Waals surface area contributed by atoms with E-state index in [1.807, 2.05) is 0 Å². The van der Waals surface area contributed by atoms with Crippen LogP contribution in [0, 0.1) is 0 Å². The zero-order chi connectivity index (χ0) is 8.20. The summed E-state index contributed by atoms with van der Waals surface area (Å²) in [5.74, 6) is 0. The van der Waals surface area contributed by atoms with Crippen LogP contribution in [0.25, 0.3) is 0 Å².